The monoisotopic (exact) mass is 289 g/mol. The second-order valence-electron chi connectivity index (χ2n) is 4.09. The van der Waals surface area contributed by atoms with E-state index in [0.717, 1.165) is 12.1 Å². The van der Waals surface area contributed by atoms with Gasteiger partial charge in [0.15, 0.2) is 0 Å². The van der Waals surface area contributed by atoms with Crippen molar-refractivity contribution in [2.24, 2.45) is 0 Å². The normalized spacial score (nSPS) is 14.4. The molecule has 102 valence electrons. The summed E-state index contributed by atoms with van der Waals surface area (Å²) in [6.45, 7) is 3.47. The van der Waals surface area contributed by atoms with Crippen molar-refractivity contribution in [3.63, 3.8) is 0 Å². The van der Waals surface area contributed by atoms with Crippen LogP contribution >= 0.6 is 11.6 Å². The zero-order chi connectivity index (χ0) is 13.4. The van der Waals surface area contributed by atoms with E-state index in [9.17, 15) is 4.21 Å². The summed E-state index contributed by atoms with van der Waals surface area (Å²) >= 11 is 5.81. The minimum Gasteiger partial charge on any atom is -0.383 e. The summed E-state index contributed by atoms with van der Waals surface area (Å²) in [6.07, 6.45) is 0. The van der Waals surface area contributed by atoms with Crippen molar-refractivity contribution in [1.29, 1.82) is 0 Å². The fraction of sp³-hybridized carbons (Fsp3) is 0.538. The number of rotatable bonds is 8. The first kappa shape index (κ1) is 15.6. The maximum atomic E-state index is 12.0. The molecule has 0 saturated carbocycles. The van der Waals surface area contributed by atoms with Crippen molar-refractivity contribution in [2.75, 3.05) is 26.0 Å². The van der Waals surface area contributed by atoms with Gasteiger partial charge in [0, 0.05) is 40.5 Å². The molecule has 1 aromatic carbocycles. The Balaban J connectivity index is 2.46. The lowest BCUT2D eigenvalue weighted by Crippen LogP contribution is -2.37. The van der Waals surface area contributed by atoms with Crippen molar-refractivity contribution >= 4 is 22.4 Å². The first-order valence-electron chi connectivity index (χ1n) is 5.97. The number of halogens is 1. The van der Waals surface area contributed by atoms with Gasteiger partial charge in [0.2, 0.25) is 0 Å². The van der Waals surface area contributed by atoms with Crippen LogP contribution in [0, 0.1) is 0 Å². The number of nitrogens with one attached hydrogen (secondary N) is 1. The third-order valence-electron chi connectivity index (χ3n) is 2.49. The van der Waals surface area contributed by atoms with E-state index in [2.05, 4.69) is 5.32 Å². The van der Waals surface area contributed by atoms with E-state index in [1.165, 1.54) is 0 Å². The van der Waals surface area contributed by atoms with Crippen molar-refractivity contribution in [1.82, 2.24) is 5.32 Å². The van der Waals surface area contributed by atoms with Gasteiger partial charge in [0.1, 0.15) is 0 Å². The lowest BCUT2D eigenvalue weighted by atomic mass is 10.2. The van der Waals surface area contributed by atoms with Gasteiger partial charge in [-0.05, 0) is 24.2 Å². The van der Waals surface area contributed by atoms with Crippen molar-refractivity contribution in [3.05, 3.63) is 34.9 Å². The third kappa shape index (κ3) is 5.96. The predicted molar refractivity (Wildman–Crippen MR) is 77.5 cm³/mol. The van der Waals surface area contributed by atoms with E-state index in [1.807, 2.05) is 31.2 Å². The van der Waals surface area contributed by atoms with Gasteiger partial charge in [0.05, 0.1) is 6.61 Å². The van der Waals surface area contributed by atoms with E-state index in [0.29, 0.717) is 23.1 Å². The van der Waals surface area contributed by atoms with Gasteiger partial charge in [0.25, 0.3) is 0 Å². The van der Waals surface area contributed by atoms with Crippen LogP contribution in [0.5, 0.6) is 0 Å². The second-order valence-corrected chi connectivity index (χ2v) is 6.03. The SMILES string of the molecule is CCNC(COC)CS(=O)Cc1ccc(Cl)cc1. The standard InChI is InChI=1S/C13H20ClNO2S/c1-3-15-13(8-17-2)10-18(16)9-11-4-6-12(14)7-5-11/h4-7,13,15H,3,8-10H2,1-2H3. The second kappa shape index (κ2) is 8.64. The van der Waals surface area contributed by atoms with Gasteiger partial charge < -0.3 is 10.1 Å². The van der Waals surface area contributed by atoms with E-state index in [4.69, 9.17) is 16.3 Å². The quantitative estimate of drug-likeness (QED) is 0.797. The van der Waals surface area contributed by atoms with Crippen molar-refractivity contribution in [3.8, 4) is 0 Å². The average molecular weight is 290 g/mol. The molecule has 0 aliphatic carbocycles. The van der Waals surface area contributed by atoms with E-state index in [1.54, 1.807) is 7.11 Å². The Kier molecular flexibility index (Phi) is 7.51. The maximum Gasteiger partial charge on any atom is 0.0624 e. The Labute approximate surface area is 116 Å². The summed E-state index contributed by atoms with van der Waals surface area (Å²) in [5, 5.41) is 3.97. The smallest absolute Gasteiger partial charge is 0.0624 e. The van der Waals surface area contributed by atoms with E-state index >= 15 is 0 Å². The fourth-order valence-electron chi connectivity index (χ4n) is 1.71. The molecule has 0 amide bonds. The van der Waals surface area contributed by atoms with Gasteiger partial charge in [-0.15, -0.1) is 0 Å². The topological polar surface area (TPSA) is 38.3 Å². The molecule has 18 heavy (non-hydrogen) atoms. The third-order valence-corrected chi connectivity index (χ3v) is 4.17. The van der Waals surface area contributed by atoms with Crippen LogP contribution in [0.3, 0.4) is 0 Å². The molecular formula is C13H20ClNO2S. The van der Waals surface area contributed by atoms with E-state index in [-0.39, 0.29) is 6.04 Å². The number of hydrogen-bond donors (Lipinski definition) is 1. The molecule has 0 fully saturated rings. The molecule has 0 aliphatic rings. The average Bonchev–Trinajstić information content (AvgIpc) is 2.33. The van der Waals surface area contributed by atoms with Crippen LogP contribution in [0.4, 0.5) is 0 Å². The van der Waals surface area contributed by atoms with Crippen molar-refractivity contribution in [2.45, 2.75) is 18.7 Å². The lowest BCUT2D eigenvalue weighted by Gasteiger charge is -2.16. The molecule has 5 heteroatoms. The molecule has 0 saturated heterocycles. The highest BCUT2D eigenvalue weighted by Crippen LogP contribution is 2.11. The van der Waals surface area contributed by atoms with Crippen LogP contribution in [-0.2, 0) is 21.3 Å². The van der Waals surface area contributed by atoms with Crippen LogP contribution < -0.4 is 5.32 Å². The molecule has 1 N–H and O–H groups in total. The Hall–Kier alpha value is -0.420. The van der Waals surface area contributed by atoms with Gasteiger partial charge in [-0.2, -0.15) is 0 Å². The highest BCUT2D eigenvalue weighted by molar-refractivity contribution is 7.84. The molecule has 0 aromatic heterocycles. The number of methoxy groups -OCH3 is 1. The van der Waals surface area contributed by atoms with Crippen LogP contribution in [0.1, 0.15) is 12.5 Å². The van der Waals surface area contributed by atoms with Crippen LogP contribution in [0.25, 0.3) is 0 Å². The number of likely N-dealkylation sites (N-methyl/N-ethyl adjacent to an activating group) is 1. The Morgan fingerprint density at radius 2 is 2.06 bits per heavy atom. The Morgan fingerprint density at radius 1 is 1.39 bits per heavy atom. The molecular weight excluding hydrogens is 270 g/mol. The van der Waals surface area contributed by atoms with Gasteiger partial charge >= 0.3 is 0 Å². The van der Waals surface area contributed by atoms with E-state index < -0.39 is 10.8 Å². The molecule has 2 atom stereocenters. The minimum atomic E-state index is -0.896. The van der Waals surface area contributed by atoms with Crippen LogP contribution in [0.15, 0.2) is 24.3 Å². The highest BCUT2D eigenvalue weighted by Gasteiger charge is 2.11. The number of hydrogen-bond acceptors (Lipinski definition) is 3. The summed E-state index contributed by atoms with van der Waals surface area (Å²) < 4.78 is 17.1. The van der Waals surface area contributed by atoms with Gasteiger partial charge in [-0.1, -0.05) is 30.7 Å². The summed E-state index contributed by atoms with van der Waals surface area (Å²) in [7, 11) is 0.763. The van der Waals surface area contributed by atoms with Crippen LogP contribution in [0.2, 0.25) is 5.02 Å². The molecule has 0 radical (unpaired) electrons. The molecule has 0 heterocycles. The number of ether oxygens (including phenoxy) is 1. The van der Waals surface area contributed by atoms with Crippen LogP contribution in [-0.4, -0.2) is 36.3 Å². The summed E-state index contributed by atoms with van der Waals surface area (Å²) in [5.74, 6) is 1.16. The zero-order valence-electron chi connectivity index (χ0n) is 10.8. The highest BCUT2D eigenvalue weighted by atomic mass is 35.5. The molecule has 1 aromatic rings. The predicted octanol–water partition coefficient (Wildman–Crippen LogP) is 2.21. The first-order chi connectivity index (χ1) is 8.65. The molecule has 1 rings (SSSR count). The fourth-order valence-corrected chi connectivity index (χ4v) is 3.18. The molecule has 3 nitrogen and oxygen atoms in total. The summed E-state index contributed by atoms with van der Waals surface area (Å²) in [4.78, 5) is 0. The zero-order valence-corrected chi connectivity index (χ0v) is 12.4. The largest absolute Gasteiger partial charge is 0.383 e. The Bertz CT molecular complexity index is 364. The lowest BCUT2D eigenvalue weighted by molar-refractivity contribution is 0.174. The van der Waals surface area contributed by atoms with Gasteiger partial charge in [-0.25, -0.2) is 0 Å². The molecule has 2 unspecified atom stereocenters. The maximum absolute atomic E-state index is 12.0. The summed E-state index contributed by atoms with van der Waals surface area (Å²) in [6, 6.07) is 7.63. The van der Waals surface area contributed by atoms with Gasteiger partial charge in [-0.3, -0.25) is 4.21 Å². The Morgan fingerprint density at radius 3 is 2.61 bits per heavy atom. The van der Waals surface area contributed by atoms with Crippen molar-refractivity contribution < 1.29 is 8.95 Å². The molecule has 0 bridgehead atoms. The molecule has 0 aliphatic heterocycles. The first-order valence-corrected chi connectivity index (χ1v) is 7.84. The summed E-state index contributed by atoms with van der Waals surface area (Å²) in [5.41, 5.74) is 1.05. The molecule has 0 spiro atoms. The minimum absolute atomic E-state index is 0.146. The number of benzene rings is 1.